The molecule has 0 fully saturated rings. The first kappa shape index (κ1) is 16.9. The highest BCUT2D eigenvalue weighted by atomic mass is 15.4. The number of nitrogens with two attached hydrogens (primary N) is 2. The van der Waals surface area contributed by atoms with Crippen LogP contribution < -0.4 is 11.6 Å². The van der Waals surface area contributed by atoms with Crippen molar-refractivity contribution in [1.29, 1.82) is 0 Å². The normalized spacial score (nSPS) is 12.0. The lowest BCUT2D eigenvalue weighted by molar-refractivity contribution is 0.530. The minimum Gasteiger partial charge on any atom is -0.382 e. The minimum atomic E-state index is -0.0682. The Morgan fingerprint density at radius 1 is 1.00 bits per heavy atom. The number of nitrogens with zero attached hydrogens (tertiary/aromatic N) is 2. The molecule has 0 bridgehead atoms. The number of unbranched alkanes of at least 4 members (excludes halogenated alkanes) is 6. The van der Waals surface area contributed by atoms with E-state index < -0.39 is 0 Å². The van der Waals surface area contributed by atoms with Gasteiger partial charge in [-0.2, -0.15) is 0 Å². The van der Waals surface area contributed by atoms with Gasteiger partial charge in [0.2, 0.25) is 0 Å². The smallest absolute Gasteiger partial charge is 0.146 e. The van der Waals surface area contributed by atoms with Crippen LogP contribution in [0, 0.1) is 0 Å². The molecule has 116 valence electrons. The number of aryl methyl sites for hydroxylation is 1. The van der Waals surface area contributed by atoms with Crippen LogP contribution in [-0.4, -0.2) is 9.66 Å². The van der Waals surface area contributed by atoms with Gasteiger partial charge >= 0.3 is 0 Å². The van der Waals surface area contributed by atoms with Crippen molar-refractivity contribution in [3.63, 3.8) is 0 Å². The summed E-state index contributed by atoms with van der Waals surface area (Å²) in [5.41, 5.74) is 6.95. The van der Waals surface area contributed by atoms with E-state index in [-0.39, 0.29) is 5.41 Å². The second-order valence-electron chi connectivity index (χ2n) is 6.76. The quantitative estimate of drug-likeness (QED) is 0.562. The molecule has 0 amide bonds. The number of hydrogen-bond acceptors (Lipinski definition) is 3. The van der Waals surface area contributed by atoms with Gasteiger partial charge in [0.15, 0.2) is 0 Å². The van der Waals surface area contributed by atoms with Crippen LogP contribution in [0.4, 0.5) is 5.82 Å². The molecule has 0 unspecified atom stereocenters. The van der Waals surface area contributed by atoms with Crippen LogP contribution >= 0.6 is 0 Å². The zero-order chi connectivity index (χ0) is 15.2. The number of nitrogen functional groups attached to an aromatic ring is 2. The lowest BCUT2D eigenvalue weighted by Gasteiger charge is -2.17. The highest BCUT2D eigenvalue weighted by Gasteiger charge is 2.23. The molecule has 0 aliphatic rings. The summed E-state index contributed by atoms with van der Waals surface area (Å²) in [6.07, 6.45) is 10.0. The Morgan fingerprint density at radius 2 is 1.55 bits per heavy atom. The third-order valence-electron chi connectivity index (χ3n) is 3.71. The molecule has 0 spiro atoms. The summed E-state index contributed by atoms with van der Waals surface area (Å²) in [6, 6.07) is 0. The highest BCUT2D eigenvalue weighted by Crippen LogP contribution is 2.24. The summed E-state index contributed by atoms with van der Waals surface area (Å²) in [5.74, 6) is 7.50. The van der Waals surface area contributed by atoms with Gasteiger partial charge in [0.1, 0.15) is 11.6 Å². The Morgan fingerprint density at radius 3 is 2.05 bits per heavy atom. The lowest BCUT2D eigenvalue weighted by atomic mass is 9.96. The highest BCUT2D eigenvalue weighted by molar-refractivity contribution is 5.39. The Bertz CT molecular complexity index is 401. The minimum absolute atomic E-state index is 0.0682. The summed E-state index contributed by atoms with van der Waals surface area (Å²) >= 11 is 0. The Kier molecular flexibility index (Phi) is 6.37. The summed E-state index contributed by atoms with van der Waals surface area (Å²) in [4.78, 5) is 4.64. The predicted molar refractivity (Wildman–Crippen MR) is 87.2 cm³/mol. The van der Waals surface area contributed by atoms with E-state index in [1.165, 1.54) is 38.5 Å². The Balaban J connectivity index is 2.41. The van der Waals surface area contributed by atoms with Crippen LogP contribution in [0.15, 0.2) is 0 Å². The molecule has 0 aliphatic heterocycles. The topological polar surface area (TPSA) is 69.9 Å². The first-order valence-electron chi connectivity index (χ1n) is 8.00. The fourth-order valence-electron chi connectivity index (χ4n) is 2.45. The largest absolute Gasteiger partial charge is 0.382 e. The van der Waals surface area contributed by atoms with Crippen LogP contribution in [0.3, 0.4) is 0 Å². The third-order valence-corrected chi connectivity index (χ3v) is 3.71. The van der Waals surface area contributed by atoms with E-state index in [1.807, 2.05) is 0 Å². The molecule has 0 aliphatic carbocycles. The molecular formula is C16H32N4. The molecule has 0 saturated carbocycles. The second kappa shape index (κ2) is 7.55. The zero-order valence-corrected chi connectivity index (χ0v) is 13.7. The molecule has 1 rings (SSSR count). The molecule has 4 nitrogen and oxygen atoms in total. The van der Waals surface area contributed by atoms with Gasteiger partial charge in [0.25, 0.3) is 0 Å². The van der Waals surface area contributed by atoms with Crippen molar-refractivity contribution in [2.75, 3.05) is 11.6 Å². The fourth-order valence-corrected chi connectivity index (χ4v) is 2.45. The maximum absolute atomic E-state index is 6.06. The maximum atomic E-state index is 6.06. The van der Waals surface area contributed by atoms with E-state index in [4.69, 9.17) is 11.6 Å². The van der Waals surface area contributed by atoms with E-state index >= 15 is 0 Å². The zero-order valence-electron chi connectivity index (χ0n) is 13.7. The van der Waals surface area contributed by atoms with E-state index in [0.717, 1.165) is 24.4 Å². The predicted octanol–water partition coefficient (Wildman–Crippen LogP) is 3.77. The van der Waals surface area contributed by atoms with Crippen LogP contribution in [0.1, 0.15) is 84.2 Å². The number of imidazole rings is 1. The van der Waals surface area contributed by atoms with Crippen molar-refractivity contribution in [3.8, 4) is 0 Å². The lowest BCUT2D eigenvalue weighted by Crippen LogP contribution is -2.24. The average Bonchev–Trinajstić information content (AvgIpc) is 2.65. The Labute approximate surface area is 123 Å². The van der Waals surface area contributed by atoms with E-state index in [1.54, 1.807) is 4.68 Å². The van der Waals surface area contributed by atoms with Crippen LogP contribution in [0.2, 0.25) is 0 Å². The van der Waals surface area contributed by atoms with Crippen molar-refractivity contribution in [1.82, 2.24) is 9.66 Å². The van der Waals surface area contributed by atoms with Crippen molar-refractivity contribution < 1.29 is 0 Å². The van der Waals surface area contributed by atoms with Crippen LogP contribution in [0.5, 0.6) is 0 Å². The average molecular weight is 280 g/mol. The molecule has 0 radical (unpaired) electrons. The van der Waals surface area contributed by atoms with Gasteiger partial charge in [-0.15, -0.1) is 0 Å². The molecule has 1 heterocycles. The monoisotopic (exact) mass is 280 g/mol. The summed E-state index contributed by atoms with van der Waals surface area (Å²) in [7, 11) is 0. The molecule has 0 saturated heterocycles. The van der Waals surface area contributed by atoms with Crippen LogP contribution in [0.25, 0.3) is 0 Å². The van der Waals surface area contributed by atoms with Gasteiger partial charge < -0.3 is 11.6 Å². The molecule has 20 heavy (non-hydrogen) atoms. The number of anilines is 1. The molecule has 1 aromatic heterocycles. The van der Waals surface area contributed by atoms with Crippen molar-refractivity contribution >= 4 is 5.82 Å². The van der Waals surface area contributed by atoms with E-state index in [0.29, 0.717) is 5.82 Å². The molecule has 0 aromatic carbocycles. The molecule has 4 heteroatoms. The van der Waals surface area contributed by atoms with Crippen LogP contribution in [-0.2, 0) is 11.8 Å². The SMILES string of the molecule is CCCCCCCCCc1nc(C(C)(C)C)n(N)c1N. The summed E-state index contributed by atoms with van der Waals surface area (Å²) in [6.45, 7) is 8.57. The molecule has 0 atom stereocenters. The summed E-state index contributed by atoms with van der Waals surface area (Å²) in [5, 5.41) is 0. The standard InChI is InChI=1S/C16H32N4/c1-5-6-7-8-9-10-11-12-13-14(17)20(18)15(19-13)16(2,3)4/h5-12,17-18H2,1-4H3. The van der Waals surface area contributed by atoms with Crippen molar-refractivity contribution in [2.24, 2.45) is 0 Å². The molecule has 4 N–H and O–H groups in total. The van der Waals surface area contributed by atoms with Gasteiger partial charge in [-0.05, 0) is 12.8 Å². The first-order chi connectivity index (χ1) is 9.38. The van der Waals surface area contributed by atoms with Crippen molar-refractivity contribution in [3.05, 3.63) is 11.5 Å². The maximum Gasteiger partial charge on any atom is 0.146 e. The number of aromatic nitrogens is 2. The third kappa shape index (κ3) is 4.73. The Hall–Kier alpha value is -1.19. The van der Waals surface area contributed by atoms with Gasteiger partial charge in [0.05, 0.1) is 5.69 Å². The molecular weight excluding hydrogens is 248 g/mol. The van der Waals surface area contributed by atoms with E-state index in [9.17, 15) is 0 Å². The van der Waals surface area contributed by atoms with E-state index in [2.05, 4.69) is 32.7 Å². The number of rotatable bonds is 8. The number of hydrogen-bond donors (Lipinski definition) is 2. The fraction of sp³-hybridized carbons (Fsp3) is 0.812. The van der Waals surface area contributed by atoms with Gasteiger partial charge in [-0.25, -0.2) is 9.66 Å². The van der Waals surface area contributed by atoms with Gasteiger partial charge in [0, 0.05) is 5.41 Å². The second-order valence-corrected chi connectivity index (χ2v) is 6.76. The van der Waals surface area contributed by atoms with Gasteiger partial charge in [-0.1, -0.05) is 66.2 Å². The van der Waals surface area contributed by atoms with Gasteiger partial charge in [-0.3, -0.25) is 0 Å². The summed E-state index contributed by atoms with van der Waals surface area (Å²) < 4.78 is 1.55. The first-order valence-corrected chi connectivity index (χ1v) is 8.00. The molecule has 1 aromatic rings. The van der Waals surface area contributed by atoms with Crippen molar-refractivity contribution in [2.45, 2.75) is 84.5 Å².